The van der Waals surface area contributed by atoms with E-state index < -0.39 is 9.84 Å². The Labute approximate surface area is 158 Å². The van der Waals surface area contributed by atoms with Crippen LogP contribution in [0.1, 0.15) is 31.5 Å². The first kappa shape index (κ1) is 19.6. The number of sulfone groups is 1. The fourth-order valence-electron chi connectivity index (χ4n) is 3.50. The highest BCUT2D eigenvalue weighted by molar-refractivity contribution is 7.99. The van der Waals surface area contributed by atoms with Crippen molar-refractivity contribution < 1.29 is 17.9 Å². The average molecular weight is 403 g/mol. The molecule has 26 heavy (non-hydrogen) atoms. The Balaban J connectivity index is 1.63. The van der Waals surface area contributed by atoms with Gasteiger partial charge < -0.3 is 14.2 Å². The largest absolute Gasteiger partial charge is 0.383 e. The Kier molecular flexibility index (Phi) is 6.57. The third kappa shape index (κ3) is 4.77. The minimum atomic E-state index is -3.04. The zero-order valence-electron chi connectivity index (χ0n) is 15.1. The molecule has 1 amide bonds. The molecule has 1 atom stereocenters. The van der Waals surface area contributed by atoms with Gasteiger partial charge in [-0.05, 0) is 19.3 Å². The van der Waals surface area contributed by atoms with Gasteiger partial charge in [-0.15, -0.1) is 10.2 Å². The lowest BCUT2D eigenvalue weighted by Gasteiger charge is -2.28. The molecule has 0 spiro atoms. The summed E-state index contributed by atoms with van der Waals surface area (Å²) >= 11 is 1.39. The SMILES string of the molecule is COCCN(C(=O)CSc1nnc2n1CCCCC2)[C@H]1CCS(=O)(=O)C1. The number of fused-ring (bicyclic) bond motifs is 1. The first-order chi connectivity index (χ1) is 12.5. The van der Waals surface area contributed by atoms with Crippen LogP contribution >= 0.6 is 11.8 Å². The Morgan fingerprint density at radius 1 is 1.35 bits per heavy atom. The monoisotopic (exact) mass is 402 g/mol. The third-order valence-electron chi connectivity index (χ3n) is 4.91. The van der Waals surface area contributed by atoms with Gasteiger partial charge in [0.2, 0.25) is 5.91 Å². The van der Waals surface area contributed by atoms with Crippen molar-refractivity contribution in [3.8, 4) is 0 Å². The first-order valence-electron chi connectivity index (χ1n) is 9.04. The first-order valence-corrected chi connectivity index (χ1v) is 11.8. The van der Waals surface area contributed by atoms with E-state index in [1.54, 1.807) is 12.0 Å². The summed E-state index contributed by atoms with van der Waals surface area (Å²) in [5, 5.41) is 9.27. The number of thioether (sulfide) groups is 1. The van der Waals surface area contributed by atoms with Gasteiger partial charge in [-0.3, -0.25) is 4.79 Å². The van der Waals surface area contributed by atoms with E-state index in [4.69, 9.17) is 4.74 Å². The zero-order chi connectivity index (χ0) is 18.6. The maximum Gasteiger partial charge on any atom is 0.233 e. The van der Waals surface area contributed by atoms with E-state index in [1.165, 1.54) is 18.2 Å². The van der Waals surface area contributed by atoms with Gasteiger partial charge in [0.1, 0.15) is 5.82 Å². The number of ether oxygens (including phenoxy) is 1. The van der Waals surface area contributed by atoms with Crippen molar-refractivity contribution in [2.24, 2.45) is 0 Å². The Morgan fingerprint density at radius 3 is 2.92 bits per heavy atom. The molecule has 0 saturated carbocycles. The van der Waals surface area contributed by atoms with Crippen LogP contribution in [0.5, 0.6) is 0 Å². The molecule has 2 aliphatic heterocycles. The van der Waals surface area contributed by atoms with Crippen LogP contribution in [0, 0.1) is 0 Å². The summed E-state index contributed by atoms with van der Waals surface area (Å²) in [6.07, 6.45) is 4.85. The number of rotatable bonds is 7. The van der Waals surface area contributed by atoms with Crippen molar-refractivity contribution in [2.75, 3.05) is 37.5 Å². The van der Waals surface area contributed by atoms with Crippen molar-refractivity contribution >= 4 is 27.5 Å². The summed E-state index contributed by atoms with van der Waals surface area (Å²) < 4.78 is 30.8. The van der Waals surface area contributed by atoms with Gasteiger partial charge in [0.05, 0.1) is 23.9 Å². The van der Waals surface area contributed by atoms with E-state index in [9.17, 15) is 13.2 Å². The van der Waals surface area contributed by atoms with Gasteiger partial charge in [0.25, 0.3) is 0 Å². The lowest BCUT2D eigenvalue weighted by molar-refractivity contribution is -0.130. The van der Waals surface area contributed by atoms with Gasteiger partial charge in [0.15, 0.2) is 15.0 Å². The quantitative estimate of drug-likeness (QED) is 0.622. The van der Waals surface area contributed by atoms with E-state index in [1.807, 2.05) is 0 Å². The topological polar surface area (TPSA) is 94.4 Å². The average Bonchev–Trinajstić information content (AvgIpc) is 3.07. The van der Waals surface area contributed by atoms with E-state index in [2.05, 4.69) is 14.8 Å². The molecule has 10 heteroatoms. The fraction of sp³-hybridized carbons (Fsp3) is 0.812. The molecule has 0 N–H and O–H groups in total. The number of hydrogen-bond acceptors (Lipinski definition) is 7. The molecule has 1 saturated heterocycles. The normalized spacial score (nSPS) is 22.0. The second kappa shape index (κ2) is 8.71. The molecular weight excluding hydrogens is 376 g/mol. The molecule has 0 aliphatic carbocycles. The third-order valence-corrected chi connectivity index (χ3v) is 7.61. The van der Waals surface area contributed by atoms with Gasteiger partial charge >= 0.3 is 0 Å². The summed E-state index contributed by atoms with van der Waals surface area (Å²) in [6.45, 7) is 1.70. The number of amides is 1. The van der Waals surface area contributed by atoms with Crippen LogP contribution in [0.4, 0.5) is 0 Å². The maximum absolute atomic E-state index is 12.8. The number of carbonyl (C=O) groups is 1. The molecule has 1 fully saturated rings. The molecule has 146 valence electrons. The maximum atomic E-state index is 12.8. The van der Waals surface area contributed by atoms with Gasteiger partial charge in [-0.2, -0.15) is 0 Å². The molecule has 0 aromatic carbocycles. The summed E-state index contributed by atoms with van der Waals surface area (Å²) in [7, 11) is -1.46. The lowest BCUT2D eigenvalue weighted by atomic mass is 10.2. The molecule has 8 nitrogen and oxygen atoms in total. The van der Waals surface area contributed by atoms with Crippen LogP contribution < -0.4 is 0 Å². The molecular formula is C16H26N4O4S2. The fourth-order valence-corrected chi connectivity index (χ4v) is 6.10. The highest BCUT2D eigenvalue weighted by Gasteiger charge is 2.34. The number of aromatic nitrogens is 3. The number of nitrogens with zero attached hydrogens (tertiary/aromatic N) is 4. The van der Waals surface area contributed by atoms with Crippen LogP contribution in [0.25, 0.3) is 0 Å². The van der Waals surface area contributed by atoms with Crippen molar-refractivity contribution in [2.45, 2.75) is 49.8 Å². The van der Waals surface area contributed by atoms with Crippen molar-refractivity contribution in [1.29, 1.82) is 0 Å². The Hall–Kier alpha value is -1.13. The minimum Gasteiger partial charge on any atom is -0.383 e. The summed E-state index contributed by atoms with van der Waals surface area (Å²) in [5.41, 5.74) is 0. The molecule has 1 aromatic rings. The lowest BCUT2D eigenvalue weighted by Crippen LogP contribution is -2.44. The van der Waals surface area contributed by atoms with E-state index in [0.717, 1.165) is 36.8 Å². The van der Waals surface area contributed by atoms with Crippen molar-refractivity contribution in [3.05, 3.63) is 5.82 Å². The predicted molar refractivity (Wildman–Crippen MR) is 98.9 cm³/mol. The van der Waals surface area contributed by atoms with Gasteiger partial charge in [-0.25, -0.2) is 8.42 Å². The van der Waals surface area contributed by atoms with Gasteiger partial charge in [-0.1, -0.05) is 18.2 Å². The highest BCUT2D eigenvalue weighted by atomic mass is 32.2. The number of hydrogen-bond donors (Lipinski definition) is 0. The number of carbonyl (C=O) groups excluding carboxylic acids is 1. The second-order valence-electron chi connectivity index (χ2n) is 6.79. The number of methoxy groups -OCH3 is 1. The van der Waals surface area contributed by atoms with Gasteiger partial charge in [0, 0.05) is 32.7 Å². The molecule has 0 radical (unpaired) electrons. The molecule has 0 bridgehead atoms. The zero-order valence-corrected chi connectivity index (χ0v) is 16.7. The van der Waals surface area contributed by atoms with Crippen LogP contribution in [-0.2, 0) is 32.3 Å². The Bertz CT molecular complexity index is 735. The summed E-state index contributed by atoms with van der Waals surface area (Å²) in [4.78, 5) is 14.4. The standard InChI is InChI=1S/C16H26N4O4S2/c1-24-9-8-19(13-6-10-26(22,23)12-13)15(21)11-25-16-18-17-14-5-3-2-4-7-20(14)16/h13H,2-12H2,1H3/t13-/m0/s1. The van der Waals surface area contributed by atoms with Crippen LogP contribution in [0.15, 0.2) is 5.16 Å². The van der Waals surface area contributed by atoms with E-state index in [0.29, 0.717) is 19.6 Å². The molecule has 1 aromatic heterocycles. The van der Waals surface area contributed by atoms with E-state index >= 15 is 0 Å². The molecule has 3 rings (SSSR count). The number of aryl methyl sites for hydroxylation is 1. The second-order valence-corrected chi connectivity index (χ2v) is 9.96. The summed E-state index contributed by atoms with van der Waals surface area (Å²) in [6, 6.07) is -0.251. The smallest absolute Gasteiger partial charge is 0.233 e. The summed E-state index contributed by atoms with van der Waals surface area (Å²) in [5.74, 6) is 1.36. The highest BCUT2D eigenvalue weighted by Crippen LogP contribution is 2.24. The minimum absolute atomic E-state index is 0.0491. The molecule has 3 heterocycles. The predicted octanol–water partition coefficient (Wildman–Crippen LogP) is 0.759. The molecule has 0 unspecified atom stereocenters. The van der Waals surface area contributed by atoms with Crippen LogP contribution in [0.3, 0.4) is 0 Å². The molecule has 2 aliphatic rings. The Morgan fingerprint density at radius 2 is 2.19 bits per heavy atom. The van der Waals surface area contributed by atoms with Crippen molar-refractivity contribution in [3.63, 3.8) is 0 Å². The van der Waals surface area contributed by atoms with E-state index in [-0.39, 0.29) is 29.2 Å². The van der Waals surface area contributed by atoms with Crippen LogP contribution in [-0.4, -0.2) is 77.6 Å². The van der Waals surface area contributed by atoms with Crippen molar-refractivity contribution in [1.82, 2.24) is 19.7 Å². The van der Waals surface area contributed by atoms with Crippen LogP contribution in [0.2, 0.25) is 0 Å².